The number of aryl methyl sites for hydroxylation is 1. The first-order chi connectivity index (χ1) is 16.0. The van der Waals surface area contributed by atoms with E-state index in [1.807, 2.05) is 54.2 Å². The highest BCUT2D eigenvalue weighted by molar-refractivity contribution is 7.86. The minimum absolute atomic E-state index is 0.0107. The Morgan fingerprint density at radius 3 is 2.58 bits per heavy atom. The molecule has 4 heterocycles. The zero-order valence-electron chi connectivity index (χ0n) is 17.9. The van der Waals surface area contributed by atoms with E-state index in [2.05, 4.69) is 15.1 Å². The third-order valence-corrected chi connectivity index (χ3v) is 6.62. The van der Waals surface area contributed by atoms with Crippen molar-refractivity contribution in [1.82, 2.24) is 24.3 Å². The molecule has 0 fully saturated rings. The van der Waals surface area contributed by atoms with Crippen molar-refractivity contribution >= 4 is 21.0 Å². The van der Waals surface area contributed by atoms with Gasteiger partial charge < -0.3 is 0 Å². The van der Waals surface area contributed by atoms with E-state index in [-0.39, 0.29) is 11.5 Å². The Balaban J connectivity index is 1.24. The minimum Gasteiger partial charge on any atom is -0.300 e. The van der Waals surface area contributed by atoms with Crippen LogP contribution < -0.4 is 0 Å². The van der Waals surface area contributed by atoms with Crippen molar-refractivity contribution in [3.05, 3.63) is 91.1 Å². The Kier molecular flexibility index (Phi) is 5.49. The lowest BCUT2D eigenvalue weighted by molar-refractivity contribution is 0.294. The van der Waals surface area contributed by atoms with Gasteiger partial charge in [-0.25, -0.2) is 4.98 Å². The average molecular weight is 460 g/mol. The molecule has 1 aromatic carbocycles. The lowest BCUT2D eigenvalue weighted by Crippen LogP contribution is -2.12. The van der Waals surface area contributed by atoms with Crippen molar-refractivity contribution in [2.24, 2.45) is 0 Å². The third-order valence-electron chi connectivity index (χ3n) is 5.30. The van der Waals surface area contributed by atoms with Crippen molar-refractivity contribution in [2.45, 2.75) is 18.4 Å². The van der Waals surface area contributed by atoms with E-state index in [4.69, 9.17) is 4.18 Å². The lowest BCUT2D eigenvalue weighted by Gasteiger charge is -2.06. The molecule has 0 aliphatic carbocycles. The van der Waals surface area contributed by atoms with Crippen molar-refractivity contribution in [1.29, 1.82) is 0 Å². The molecule has 0 aliphatic rings. The van der Waals surface area contributed by atoms with Gasteiger partial charge in [0.25, 0.3) is 10.1 Å². The van der Waals surface area contributed by atoms with Crippen molar-refractivity contribution < 1.29 is 12.6 Å². The number of nitrogens with zero attached hydrogens (tertiary/aromatic N) is 5. The molecule has 9 heteroatoms. The molecule has 8 nitrogen and oxygen atoms in total. The van der Waals surface area contributed by atoms with Crippen LogP contribution in [-0.2, 0) is 20.8 Å². The Bertz CT molecular complexity index is 1500. The van der Waals surface area contributed by atoms with E-state index in [9.17, 15) is 8.42 Å². The number of hydrogen-bond donors (Lipinski definition) is 0. The Morgan fingerprint density at radius 1 is 0.939 bits per heavy atom. The highest BCUT2D eigenvalue weighted by Gasteiger charge is 2.15. The maximum absolute atomic E-state index is 12.3. The van der Waals surface area contributed by atoms with Gasteiger partial charge in [-0.2, -0.15) is 13.5 Å². The van der Waals surface area contributed by atoms with E-state index in [0.717, 1.165) is 33.5 Å². The number of rotatable bonds is 7. The Hall–Kier alpha value is -3.82. The van der Waals surface area contributed by atoms with Crippen LogP contribution in [0.2, 0.25) is 0 Å². The van der Waals surface area contributed by atoms with Gasteiger partial charge in [0.15, 0.2) is 0 Å². The maximum Gasteiger partial charge on any atom is 0.297 e. The average Bonchev–Trinajstić information content (AvgIpc) is 3.47. The SMILES string of the molecule is Cc1ccc(S(=O)(=O)OCCn2ccc(-c3ccc(-n4ccc5ccncc54)nc3)n2)cc1. The third kappa shape index (κ3) is 4.41. The monoisotopic (exact) mass is 459 g/mol. The summed E-state index contributed by atoms with van der Waals surface area (Å²) < 4.78 is 33.4. The molecule has 5 rings (SSSR count). The Labute approximate surface area is 191 Å². The van der Waals surface area contributed by atoms with Crippen LogP contribution in [0, 0.1) is 6.92 Å². The molecule has 0 saturated heterocycles. The van der Waals surface area contributed by atoms with Crippen LogP contribution in [0.1, 0.15) is 5.56 Å². The van der Waals surface area contributed by atoms with Gasteiger partial charge in [0.1, 0.15) is 5.82 Å². The second-order valence-corrected chi connectivity index (χ2v) is 9.19. The standard InChI is InChI=1S/C24H21N5O3S/c1-18-2-5-21(6-3-18)33(30,31)32-15-14-28-12-10-22(27-28)20-4-7-24(26-16-20)29-13-9-19-8-11-25-17-23(19)29/h2-13,16-17H,14-15H2,1H3. The van der Waals surface area contributed by atoms with E-state index in [1.54, 1.807) is 47.5 Å². The summed E-state index contributed by atoms with van der Waals surface area (Å²) in [5.74, 6) is 0.788. The zero-order valence-corrected chi connectivity index (χ0v) is 18.7. The van der Waals surface area contributed by atoms with Gasteiger partial charge >= 0.3 is 0 Å². The first-order valence-electron chi connectivity index (χ1n) is 10.4. The molecule has 33 heavy (non-hydrogen) atoms. The van der Waals surface area contributed by atoms with Crippen LogP contribution in [0.25, 0.3) is 28.0 Å². The predicted molar refractivity (Wildman–Crippen MR) is 124 cm³/mol. The van der Waals surface area contributed by atoms with Crippen molar-refractivity contribution in [3.8, 4) is 17.1 Å². The number of fused-ring (bicyclic) bond motifs is 1. The number of benzene rings is 1. The van der Waals surface area contributed by atoms with Crippen LogP contribution >= 0.6 is 0 Å². The maximum atomic E-state index is 12.3. The zero-order chi connectivity index (χ0) is 22.8. The van der Waals surface area contributed by atoms with Crippen molar-refractivity contribution in [3.63, 3.8) is 0 Å². The van der Waals surface area contributed by atoms with Crippen molar-refractivity contribution in [2.75, 3.05) is 6.61 Å². The second-order valence-electron chi connectivity index (χ2n) is 7.58. The second kappa shape index (κ2) is 8.61. The molecular weight excluding hydrogens is 438 g/mol. The fourth-order valence-corrected chi connectivity index (χ4v) is 4.41. The molecule has 0 spiro atoms. The van der Waals surface area contributed by atoms with Crippen LogP contribution in [0.15, 0.2) is 90.5 Å². The van der Waals surface area contributed by atoms with Gasteiger partial charge in [-0.3, -0.25) is 18.4 Å². The molecule has 5 aromatic rings. The minimum atomic E-state index is -3.79. The van der Waals surface area contributed by atoms with Crippen LogP contribution in [0.4, 0.5) is 0 Å². The van der Waals surface area contributed by atoms with Gasteiger partial charge in [0.2, 0.25) is 0 Å². The highest BCUT2D eigenvalue weighted by atomic mass is 32.2. The van der Waals surface area contributed by atoms with E-state index < -0.39 is 10.1 Å². The van der Waals surface area contributed by atoms with Crippen LogP contribution in [0.5, 0.6) is 0 Å². The fraction of sp³-hybridized carbons (Fsp3) is 0.125. The number of aromatic nitrogens is 5. The van der Waals surface area contributed by atoms with Crippen LogP contribution in [-0.4, -0.2) is 39.3 Å². The molecule has 0 radical (unpaired) electrons. The summed E-state index contributed by atoms with van der Waals surface area (Å²) in [6.07, 6.45) is 9.10. The van der Waals surface area contributed by atoms with E-state index in [1.165, 1.54) is 0 Å². The molecule has 0 N–H and O–H groups in total. The summed E-state index contributed by atoms with van der Waals surface area (Å²) in [5.41, 5.74) is 3.58. The highest BCUT2D eigenvalue weighted by Crippen LogP contribution is 2.21. The summed E-state index contributed by atoms with van der Waals surface area (Å²) >= 11 is 0. The first-order valence-corrected chi connectivity index (χ1v) is 11.8. The number of hydrogen-bond acceptors (Lipinski definition) is 6. The smallest absolute Gasteiger partial charge is 0.297 e. The molecular formula is C24H21N5O3S. The molecule has 0 unspecified atom stereocenters. The molecule has 0 amide bonds. The van der Waals surface area contributed by atoms with E-state index in [0.29, 0.717) is 6.54 Å². The van der Waals surface area contributed by atoms with Gasteiger partial charge in [0.05, 0.1) is 35.5 Å². The van der Waals surface area contributed by atoms with Gasteiger partial charge in [-0.1, -0.05) is 17.7 Å². The lowest BCUT2D eigenvalue weighted by atomic mass is 10.2. The molecule has 0 atom stereocenters. The van der Waals surface area contributed by atoms with Gasteiger partial charge in [0, 0.05) is 35.7 Å². The van der Waals surface area contributed by atoms with Gasteiger partial charge in [-0.15, -0.1) is 0 Å². The normalized spacial score (nSPS) is 11.8. The summed E-state index contributed by atoms with van der Waals surface area (Å²) in [6, 6.07) is 16.3. The molecule has 166 valence electrons. The summed E-state index contributed by atoms with van der Waals surface area (Å²) in [4.78, 5) is 8.91. The predicted octanol–water partition coefficient (Wildman–Crippen LogP) is 4.00. The summed E-state index contributed by atoms with van der Waals surface area (Å²) in [7, 11) is -3.79. The quantitative estimate of drug-likeness (QED) is 0.342. The number of pyridine rings is 2. The Morgan fingerprint density at radius 2 is 1.79 bits per heavy atom. The topological polar surface area (TPSA) is 91.9 Å². The fourth-order valence-electron chi connectivity index (χ4n) is 3.51. The largest absolute Gasteiger partial charge is 0.300 e. The van der Waals surface area contributed by atoms with E-state index >= 15 is 0 Å². The summed E-state index contributed by atoms with van der Waals surface area (Å²) in [6.45, 7) is 2.19. The molecule has 0 saturated carbocycles. The van der Waals surface area contributed by atoms with Crippen LogP contribution in [0.3, 0.4) is 0 Å². The molecule has 0 aliphatic heterocycles. The molecule has 4 aromatic heterocycles. The van der Waals surface area contributed by atoms with Gasteiger partial charge in [-0.05, 0) is 49.4 Å². The molecule has 0 bridgehead atoms. The summed E-state index contributed by atoms with van der Waals surface area (Å²) in [5, 5.41) is 5.61. The first kappa shape index (κ1) is 21.0.